The number of rotatable bonds is 6. The normalized spacial score (nSPS) is 18.9. The number of carbonyl (C=O) groups is 3. The topological polar surface area (TPSA) is 87.7 Å². The van der Waals surface area contributed by atoms with Crippen LogP contribution in [0.4, 0.5) is 4.79 Å². The van der Waals surface area contributed by atoms with Crippen molar-refractivity contribution in [3.05, 3.63) is 0 Å². The van der Waals surface area contributed by atoms with Crippen molar-refractivity contribution in [1.29, 1.82) is 0 Å². The minimum absolute atomic E-state index is 0.0163. The second-order valence-electron chi connectivity index (χ2n) is 6.59. The molecule has 2 atom stereocenters. The van der Waals surface area contributed by atoms with Crippen LogP contribution in [-0.2, 0) is 14.3 Å². The average Bonchev–Trinajstić information content (AvgIpc) is 2.97. The maximum atomic E-state index is 12.8. The van der Waals surface area contributed by atoms with Gasteiger partial charge in [0, 0.05) is 25.0 Å². The second-order valence-corrected chi connectivity index (χ2v) is 6.59. The van der Waals surface area contributed by atoms with Crippen molar-refractivity contribution in [1.82, 2.24) is 15.5 Å². The summed E-state index contributed by atoms with van der Waals surface area (Å²) >= 11 is 0. The first-order valence-corrected chi connectivity index (χ1v) is 8.20. The molecule has 0 aromatic heterocycles. The number of hydrogen-bond acceptors (Lipinski definition) is 4. The molecule has 1 aliphatic heterocycles. The number of methoxy groups -OCH3 is 1. The van der Waals surface area contributed by atoms with Crippen molar-refractivity contribution >= 4 is 17.9 Å². The van der Waals surface area contributed by atoms with Crippen LogP contribution in [0.15, 0.2) is 0 Å². The zero-order chi connectivity index (χ0) is 17.6. The van der Waals surface area contributed by atoms with E-state index < -0.39 is 12.1 Å². The molecule has 0 aromatic carbocycles. The van der Waals surface area contributed by atoms with Gasteiger partial charge in [0.15, 0.2) is 0 Å². The fourth-order valence-electron chi connectivity index (χ4n) is 2.64. The van der Waals surface area contributed by atoms with E-state index in [-0.39, 0.29) is 29.7 Å². The van der Waals surface area contributed by atoms with E-state index >= 15 is 0 Å². The highest BCUT2D eigenvalue weighted by molar-refractivity contribution is 5.86. The van der Waals surface area contributed by atoms with Crippen molar-refractivity contribution in [3.8, 4) is 0 Å². The molecule has 2 N–H and O–H groups in total. The smallest absolute Gasteiger partial charge is 0.407 e. The van der Waals surface area contributed by atoms with Gasteiger partial charge in [-0.2, -0.15) is 0 Å². The van der Waals surface area contributed by atoms with Crippen LogP contribution in [0.1, 0.15) is 40.5 Å². The van der Waals surface area contributed by atoms with E-state index in [0.717, 1.165) is 12.8 Å². The predicted molar refractivity (Wildman–Crippen MR) is 86.7 cm³/mol. The number of nitrogens with zero attached hydrogens (tertiary/aromatic N) is 1. The summed E-state index contributed by atoms with van der Waals surface area (Å²) in [5.41, 5.74) is 0. The Bertz CT molecular complexity index is 437. The Morgan fingerprint density at radius 2 is 1.87 bits per heavy atom. The highest BCUT2D eigenvalue weighted by atomic mass is 16.5. The number of carbonyl (C=O) groups excluding carboxylic acids is 3. The standard InChI is InChI=1S/C16H29N3O4/c1-10(2)13(18-16(22)23-5)15(21)19-8-6-7-12(19)9-17-14(20)11(3)4/h10-13H,6-9H2,1-5H3,(H,17,20)(H,18,22)/t12-,13-/m0/s1. The molecule has 0 radical (unpaired) electrons. The first kappa shape index (κ1) is 19.3. The van der Waals surface area contributed by atoms with Crippen LogP contribution in [0, 0.1) is 11.8 Å². The van der Waals surface area contributed by atoms with Crippen molar-refractivity contribution in [2.45, 2.75) is 52.6 Å². The largest absolute Gasteiger partial charge is 0.453 e. The minimum atomic E-state index is -0.621. The number of hydrogen-bond donors (Lipinski definition) is 2. The number of alkyl carbamates (subject to hydrolysis) is 1. The highest BCUT2D eigenvalue weighted by Gasteiger charge is 2.35. The molecule has 7 heteroatoms. The quantitative estimate of drug-likeness (QED) is 0.765. The summed E-state index contributed by atoms with van der Waals surface area (Å²) in [5.74, 6) is -0.262. The molecule has 1 saturated heterocycles. The second kappa shape index (κ2) is 8.74. The Kier molecular flexibility index (Phi) is 7.32. The lowest BCUT2D eigenvalue weighted by Crippen LogP contribution is -2.54. The van der Waals surface area contributed by atoms with Crippen LogP contribution in [0.5, 0.6) is 0 Å². The number of ether oxygens (including phenoxy) is 1. The molecular weight excluding hydrogens is 298 g/mol. The van der Waals surface area contributed by atoms with Gasteiger partial charge in [0.05, 0.1) is 7.11 Å². The Morgan fingerprint density at radius 3 is 2.39 bits per heavy atom. The van der Waals surface area contributed by atoms with Crippen LogP contribution in [0.3, 0.4) is 0 Å². The predicted octanol–water partition coefficient (Wildman–Crippen LogP) is 1.13. The summed E-state index contributed by atoms with van der Waals surface area (Å²) in [5, 5.41) is 5.49. The van der Waals surface area contributed by atoms with E-state index in [2.05, 4.69) is 15.4 Å². The first-order chi connectivity index (χ1) is 10.8. The molecule has 3 amide bonds. The fraction of sp³-hybridized carbons (Fsp3) is 0.812. The van der Waals surface area contributed by atoms with E-state index in [1.807, 2.05) is 27.7 Å². The number of likely N-dealkylation sites (tertiary alicyclic amines) is 1. The van der Waals surface area contributed by atoms with Gasteiger partial charge >= 0.3 is 6.09 Å². The summed E-state index contributed by atoms with van der Waals surface area (Å²) in [6, 6.07) is -0.644. The third-order valence-corrected chi connectivity index (χ3v) is 4.09. The average molecular weight is 327 g/mol. The van der Waals surface area contributed by atoms with Gasteiger partial charge < -0.3 is 20.3 Å². The van der Waals surface area contributed by atoms with Crippen molar-refractivity contribution in [2.75, 3.05) is 20.2 Å². The van der Waals surface area contributed by atoms with Crippen LogP contribution in [0.2, 0.25) is 0 Å². The monoisotopic (exact) mass is 327 g/mol. The zero-order valence-electron chi connectivity index (χ0n) is 14.7. The van der Waals surface area contributed by atoms with Gasteiger partial charge in [0.25, 0.3) is 0 Å². The Balaban J connectivity index is 2.70. The third-order valence-electron chi connectivity index (χ3n) is 4.09. The molecule has 1 rings (SSSR count). The van der Waals surface area contributed by atoms with Gasteiger partial charge in [0.1, 0.15) is 6.04 Å². The summed E-state index contributed by atoms with van der Waals surface area (Å²) in [4.78, 5) is 37.7. The molecule has 0 bridgehead atoms. The van der Waals surface area contributed by atoms with Gasteiger partial charge in [-0.3, -0.25) is 9.59 Å². The van der Waals surface area contributed by atoms with Crippen molar-refractivity contribution in [2.24, 2.45) is 11.8 Å². The molecule has 0 unspecified atom stereocenters. The van der Waals surface area contributed by atoms with E-state index in [4.69, 9.17) is 0 Å². The zero-order valence-corrected chi connectivity index (χ0v) is 14.7. The van der Waals surface area contributed by atoms with Crippen molar-refractivity contribution < 1.29 is 19.1 Å². The SMILES string of the molecule is COC(=O)N[C@H](C(=O)N1CCC[C@H]1CNC(=O)C(C)C)C(C)C. The van der Waals surface area contributed by atoms with Gasteiger partial charge in [-0.1, -0.05) is 27.7 Å². The molecule has 7 nitrogen and oxygen atoms in total. The number of amides is 3. The first-order valence-electron chi connectivity index (χ1n) is 8.20. The van der Waals surface area contributed by atoms with E-state index in [9.17, 15) is 14.4 Å². The summed E-state index contributed by atoms with van der Waals surface area (Å²) in [6.07, 6.45) is 1.14. The molecule has 1 aliphatic rings. The van der Waals surface area contributed by atoms with Crippen LogP contribution < -0.4 is 10.6 Å². The summed E-state index contributed by atoms with van der Waals surface area (Å²) < 4.78 is 4.60. The van der Waals surface area contributed by atoms with Gasteiger partial charge in [-0.05, 0) is 18.8 Å². The van der Waals surface area contributed by atoms with Crippen molar-refractivity contribution in [3.63, 3.8) is 0 Å². The highest BCUT2D eigenvalue weighted by Crippen LogP contribution is 2.20. The fourth-order valence-corrected chi connectivity index (χ4v) is 2.64. The summed E-state index contributed by atoms with van der Waals surface area (Å²) in [7, 11) is 1.28. The molecule has 1 fully saturated rings. The van der Waals surface area contributed by atoms with Crippen LogP contribution >= 0.6 is 0 Å². The lowest BCUT2D eigenvalue weighted by atomic mass is 10.0. The molecule has 0 aliphatic carbocycles. The molecule has 0 saturated carbocycles. The van der Waals surface area contributed by atoms with Gasteiger partial charge in [0.2, 0.25) is 11.8 Å². The van der Waals surface area contributed by atoms with Gasteiger partial charge in [-0.25, -0.2) is 4.79 Å². The maximum Gasteiger partial charge on any atom is 0.407 e. The summed E-state index contributed by atoms with van der Waals surface area (Å²) in [6.45, 7) is 8.52. The lowest BCUT2D eigenvalue weighted by molar-refractivity contribution is -0.135. The number of nitrogens with one attached hydrogen (secondary N) is 2. The molecule has 23 heavy (non-hydrogen) atoms. The van der Waals surface area contributed by atoms with E-state index in [1.54, 1.807) is 4.90 Å². The Labute approximate surface area is 138 Å². The van der Waals surface area contributed by atoms with Crippen LogP contribution in [0.25, 0.3) is 0 Å². The molecular formula is C16H29N3O4. The van der Waals surface area contributed by atoms with Crippen LogP contribution in [-0.4, -0.2) is 55.1 Å². The van der Waals surface area contributed by atoms with E-state index in [0.29, 0.717) is 13.1 Å². The minimum Gasteiger partial charge on any atom is -0.453 e. The molecule has 1 heterocycles. The van der Waals surface area contributed by atoms with Gasteiger partial charge in [-0.15, -0.1) is 0 Å². The molecule has 0 spiro atoms. The maximum absolute atomic E-state index is 12.8. The Hall–Kier alpha value is -1.79. The molecule has 132 valence electrons. The Morgan fingerprint density at radius 1 is 1.22 bits per heavy atom. The van der Waals surface area contributed by atoms with E-state index in [1.165, 1.54) is 7.11 Å². The lowest BCUT2D eigenvalue weighted by Gasteiger charge is -2.31. The third kappa shape index (κ3) is 5.41. The molecule has 0 aromatic rings.